The smallest absolute Gasteiger partial charge is 0.407 e. The lowest BCUT2D eigenvalue weighted by Gasteiger charge is -2.39. The number of carbonyl (C=O) groups is 2. The maximum atomic E-state index is 12.3. The van der Waals surface area contributed by atoms with E-state index in [0.29, 0.717) is 6.42 Å². The second-order valence-corrected chi connectivity index (χ2v) is 9.85. The molecule has 1 fully saturated rings. The predicted octanol–water partition coefficient (Wildman–Crippen LogP) is 6.35. The number of amides is 1. The Labute approximate surface area is 231 Å². The number of hydrogen-bond donors (Lipinski definition) is 1. The number of halogens is 3. The highest BCUT2D eigenvalue weighted by Crippen LogP contribution is 2.20. The molecule has 1 heterocycles. The molecule has 1 aliphatic rings. The van der Waals surface area contributed by atoms with Crippen molar-refractivity contribution in [3.63, 3.8) is 0 Å². The van der Waals surface area contributed by atoms with Crippen LogP contribution in [0.25, 0.3) is 0 Å². The summed E-state index contributed by atoms with van der Waals surface area (Å²) in [6.45, 7) is 1.68. The van der Waals surface area contributed by atoms with Crippen LogP contribution in [0.3, 0.4) is 0 Å². The second-order valence-electron chi connectivity index (χ2n) is 9.85. The van der Waals surface area contributed by atoms with Gasteiger partial charge in [-0.05, 0) is 38.5 Å². The Kier molecular flexibility index (Phi) is 19.1. The normalized spacial score (nSPS) is 15.7. The molecule has 0 bridgehead atoms. The van der Waals surface area contributed by atoms with Crippen LogP contribution < -0.4 is 5.32 Å². The number of allylic oxidation sites excluding steroid dienone is 6. The van der Waals surface area contributed by atoms with Crippen LogP contribution in [0.15, 0.2) is 36.5 Å². The van der Waals surface area contributed by atoms with E-state index < -0.39 is 18.8 Å². The van der Waals surface area contributed by atoms with Gasteiger partial charge in [0.25, 0.3) is 0 Å². The number of nitrogens with zero attached hydrogens (tertiary/aromatic N) is 1. The zero-order chi connectivity index (χ0) is 28.8. The van der Waals surface area contributed by atoms with Crippen LogP contribution in [-0.2, 0) is 19.0 Å². The fraction of sp³-hybridized carbons (Fsp3) is 0.724. The SMILES string of the molecule is CC/C=C\C/C=C\C/C=C\CCCCCCCC(=O)OCC(COC)COC(=O)NC1CN(CC(F)(F)F)C1. The number of esters is 1. The van der Waals surface area contributed by atoms with E-state index in [1.165, 1.54) is 12.0 Å². The molecule has 7 nitrogen and oxygen atoms in total. The quantitative estimate of drug-likeness (QED) is 0.100. The van der Waals surface area contributed by atoms with E-state index in [-0.39, 0.29) is 50.8 Å². The Balaban J connectivity index is 2.04. The molecule has 0 aromatic rings. The molecule has 1 rings (SSSR count). The van der Waals surface area contributed by atoms with Crippen molar-refractivity contribution in [2.24, 2.45) is 5.92 Å². The number of hydrogen-bond acceptors (Lipinski definition) is 6. The van der Waals surface area contributed by atoms with E-state index in [0.717, 1.165) is 57.8 Å². The Hall–Kier alpha value is -2.33. The first-order chi connectivity index (χ1) is 18.7. The summed E-state index contributed by atoms with van der Waals surface area (Å²) in [5, 5.41) is 2.54. The summed E-state index contributed by atoms with van der Waals surface area (Å²) in [6.07, 6.45) is 17.8. The number of carbonyl (C=O) groups excluding carboxylic acids is 2. The van der Waals surface area contributed by atoms with Gasteiger partial charge in [-0.15, -0.1) is 0 Å². The predicted molar refractivity (Wildman–Crippen MR) is 146 cm³/mol. The third-order valence-corrected chi connectivity index (χ3v) is 6.05. The molecule has 10 heteroatoms. The molecule has 1 amide bonds. The highest BCUT2D eigenvalue weighted by Gasteiger charge is 2.37. The molecule has 0 saturated carbocycles. The Morgan fingerprint density at radius 1 is 0.897 bits per heavy atom. The van der Waals surface area contributed by atoms with Crippen molar-refractivity contribution in [2.75, 3.05) is 46.6 Å². The molecule has 1 atom stereocenters. The number of unbranched alkanes of at least 4 members (excludes halogenated alkanes) is 5. The van der Waals surface area contributed by atoms with Gasteiger partial charge in [-0.25, -0.2) is 4.79 Å². The van der Waals surface area contributed by atoms with Gasteiger partial charge in [-0.2, -0.15) is 13.2 Å². The minimum atomic E-state index is -4.25. The lowest BCUT2D eigenvalue weighted by Crippen LogP contribution is -2.61. The first kappa shape index (κ1) is 34.7. The van der Waals surface area contributed by atoms with Crippen LogP contribution in [0.2, 0.25) is 0 Å². The Bertz CT molecular complexity index is 750. The molecular formula is C29H47F3N2O5. The van der Waals surface area contributed by atoms with Crippen molar-refractivity contribution in [1.82, 2.24) is 10.2 Å². The van der Waals surface area contributed by atoms with Gasteiger partial charge in [0.2, 0.25) is 0 Å². The summed E-state index contributed by atoms with van der Waals surface area (Å²) in [7, 11) is 1.50. The maximum Gasteiger partial charge on any atom is 0.407 e. The largest absolute Gasteiger partial charge is 0.465 e. The molecule has 1 unspecified atom stereocenters. The molecule has 39 heavy (non-hydrogen) atoms. The maximum absolute atomic E-state index is 12.3. The average Bonchev–Trinajstić information content (AvgIpc) is 2.86. The highest BCUT2D eigenvalue weighted by atomic mass is 19.4. The summed E-state index contributed by atoms with van der Waals surface area (Å²) in [6, 6.07) is -0.375. The molecule has 0 radical (unpaired) electrons. The first-order valence-corrected chi connectivity index (χ1v) is 14.1. The van der Waals surface area contributed by atoms with Gasteiger partial charge in [0.15, 0.2) is 0 Å². The fourth-order valence-electron chi connectivity index (χ4n) is 4.00. The molecule has 0 aliphatic carbocycles. The highest BCUT2D eigenvalue weighted by molar-refractivity contribution is 5.69. The van der Waals surface area contributed by atoms with E-state index in [1.54, 1.807) is 0 Å². The molecule has 0 aromatic carbocycles. The first-order valence-electron chi connectivity index (χ1n) is 14.1. The van der Waals surface area contributed by atoms with E-state index >= 15 is 0 Å². The van der Waals surface area contributed by atoms with Crippen molar-refractivity contribution in [1.29, 1.82) is 0 Å². The third kappa shape index (κ3) is 20.3. The van der Waals surface area contributed by atoms with Crippen LogP contribution in [0.1, 0.15) is 71.1 Å². The molecule has 0 aromatic heterocycles. The zero-order valence-electron chi connectivity index (χ0n) is 23.6. The standard InChI is InChI=1S/C29H47F3N2O5/c1-3-4-5-6-7-8-9-10-11-12-13-14-15-16-17-18-27(35)38-22-25(21-37-2)23-39-28(36)33-26-19-34(20-26)24-29(30,31)32/h4-5,7-8,10-11,25-26H,3,6,9,12-24H2,1-2H3,(H,33,36)/b5-4-,8-7-,11-10-. The van der Waals surface area contributed by atoms with E-state index in [2.05, 4.69) is 48.7 Å². The van der Waals surface area contributed by atoms with Gasteiger partial charge in [0, 0.05) is 26.6 Å². The van der Waals surface area contributed by atoms with Crippen molar-refractivity contribution < 1.29 is 37.0 Å². The van der Waals surface area contributed by atoms with Crippen LogP contribution >= 0.6 is 0 Å². The third-order valence-electron chi connectivity index (χ3n) is 6.05. The number of methoxy groups -OCH3 is 1. The van der Waals surface area contributed by atoms with Crippen LogP contribution in [-0.4, -0.2) is 75.7 Å². The van der Waals surface area contributed by atoms with Crippen LogP contribution in [0.4, 0.5) is 18.0 Å². The number of rotatable bonds is 21. The van der Waals surface area contributed by atoms with Crippen LogP contribution in [0.5, 0.6) is 0 Å². The lowest BCUT2D eigenvalue weighted by molar-refractivity contribution is -0.155. The van der Waals surface area contributed by atoms with Crippen molar-refractivity contribution in [3.05, 3.63) is 36.5 Å². The van der Waals surface area contributed by atoms with E-state index in [4.69, 9.17) is 14.2 Å². The van der Waals surface area contributed by atoms with Gasteiger partial charge >= 0.3 is 18.2 Å². The lowest BCUT2D eigenvalue weighted by atomic mass is 10.1. The van der Waals surface area contributed by atoms with Crippen LogP contribution in [0, 0.1) is 5.92 Å². The number of ether oxygens (including phenoxy) is 3. The molecule has 0 spiro atoms. The molecular weight excluding hydrogens is 513 g/mol. The average molecular weight is 561 g/mol. The summed E-state index contributed by atoms with van der Waals surface area (Å²) in [5.74, 6) is -0.616. The van der Waals surface area contributed by atoms with Crippen molar-refractivity contribution >= 4 is 12.1 Å². The summed E-state index contributed by atoms with van der Waals surface area (Å²) in [5.41, 5.74) is 0. The van der Waals surface area contributed by atoms with Gasteiger partial charge in [-0.3, -0.25) is 9.69 Å². The topological polar surface area (TPSA) is 77.1 Å². The monoisotopic (exact) mass is 560 g/mol. The Morgan fingerprint density at radius 3 is 2.18 bits per heavy atom. The summed E-state index contributed by atoms with van der Waals surface area (Å²) < 4.78 is 52.6. The fourth-order valence-corrected chi connectivity index (χ4v) is 4.00. The van der Waals surface area contributed by atoms with Crippen molar-refractivity contribution in [3.8, 4) is 0 Å². The van der Waals surface area contributed by atoms with Crippen molar-refractivity contribution in [2.45, 2.75) is 83.4 Å². The minimum absolute atomic E-state index is 0.0209. The molecule has 1 N–H and O–H groups in total. The number of alkyl carbamates (subject to hydrolysis) is 1. The molecule has 1 saturated heterocycles. The zero-order valence-corrected chi connectivity index (χ0v) is 23.6. The van der Waals surface area contributed by atoms with Gasteiger partial charge < -0.3 is 19.5 Å². The van der Waals surface area contributed by atoms with Gasteiger partial charge in [0.05, 0.1) is 31.7 Å². The Morgan fingerprint density at radius 2 is 1.51 bits per heavy atom. The second kappa shape index (κ2) is 21.5. The molecule has 1 aliphatic heterocycles. The van der Waals surface area contributed by atoms with E-state index in [1.807, 2.05) is 0 Å². The number of likely N-dealkylation sites (tertiary alicyclic amines) is 1. The number of nitrogens with one attached hydrogen (secondary N) is 1. The minimum Gasteiger partial charge on any atom is -0.465 e. The number of alkyl halides is 3. The summed E-state index contributed by atoms with van der Waals surface area (Å²) >= 11 is 0. The summed E-state index contributed by atoms with van der Waals surface area (Å²) in [4.78, 5) is 25.2. The van der Waals surface area contributed by atoms with Gasteiger partial charge in [-0.1, -0.05) is 62.6 Å². The van der Waals surface area contributed by atoms with E-state index in [9.17, 15) is 22.8 Å². The van der Waals surface area contributed by atoms with Gasteiger partial charge in [0.1, 0.15) is 6.61 Å². The molecule has 224 valence electrons.